The first-order valence-electron chi connectivity index (χ1n) is 13.9. The average molecular weight is 599 g/mol. The van der Waals surface area contributed by atoms with Crippen molar-refractivity contribution in [2.24, 2.45) is 0 Å². The number of amides is 2. The van der Waals surface area contributed by atoms with Crippen LogP contribution in [0.4, 0.5) is 0 Å². The van der Waals surface area contributed by atoms with E-state index in [1.807, 2.05) is 6.07 Å². The largest absolute Gasteiger partial charge is 0.497 e. The van der Waals surface area contributed by atoms with Gasteiger partial charge in [-0.15, -0.1) is 0 Å². The second-order valence-electron chi connectivity index (χ2n) is 10.2. The first-order valence-corrected chi connectivity index (χ1v) is 13.9. The molecule has 1 aliphatic heterocycles. The molecule has 43 heavy (non-hydrogen) atoms. The maximum absolute atomic E-state index is 13.6. The van der Waals surface area contributed by atoms with E-state index in [1.54, 1.807) is 38.5 Å². The highest BCUT2D eigenvalue weighted by Crippen LogP contribution is 2.51. The highest BCUT2D eigenvalue weighted by Gasteiger charge is 2.51. The Hall–Kier alpha value is -4.13. The van der Waals surface area contributed by atoms with Gasteiger partial charge in [0, 0.05) is 36.9 Å². The summed E-state index contributed by atoms with van der Waals surface area (Å²) in [6.45, 7) is 0.0460. The van der Waals surface area contributed by atoms with Crippen molar-refractivity contribution < 1.29 is 48.3 Å². The zero-order valence-corrected chi connectivity index (χ0v) is 24.7. The van der Waals surface area contributed by atoms with E-state index < -0.39 is 30.1 Å². The van der Waals surface area contributed by atoms with Crippen LogP contribution in [-0.2, 0) is 20.7 Å². The number of methoxy groups -OCH3 is 4. The number of ether oxygens (including phenoxy) is 5. The Balaban J connectivity index is 1.77. The van der Waals surface area contributed by atoms with Gasteiger partial charge in [0.15, 0.2) is 11.5 Å². The number of fused-ring (bicyclic) bond motifs is 3. The molecular weight excluding hydrogens is 560 g/mol. The van der Waals surface area contributed by atoms with Crippen LogP contribution in [0, 0.1) is 0 Å². The minimum absolute atomic E-state index is 0.00168. The van der Waals surface area contributed by atoms with Crippen LogP contribution in [0.3, 0.4) is 0 Å². The van der Waals surface area contributed by atoms with Crippen molar-refractivity contribution in [3.05, 3.63) is 58.7 Å². The van der Waals surface area contributed by atoms with Gasteiger partial charge >= 0.3 is 0 Å². The SMILES string of the molecule is COCCC(=O)N(CCc1cc(OC)ccc1OC)[C@@H]1C=C(C(=O)NCCO)[C@@H]2c3cc(C=O)cc(OC)c3O[C@@H]2[C@H]1O. The molecule has 2 aliphatic rings. The van der Waals surface area contributed by atoms with Gasteiger partial charge in [-0.1, -0.05) is 0 Å². The molecule has 0 saturated carbocycles. The number of nitrogens with zero attached hydrogens (tertiary/aromatic N) is 1. The van der Waals surface area contributed by atoms with Gasteiger partial charge in [0.05, 0.1) is 52.9 Å². The van der Waals surface area contributed by atoms with Crippen molar-refractivity contribution in [2.75, 3.05) is 54.7 Å². The average Bonchev–Trinajstić information content (AvgIpc) is 3.42. The van der Waals surface area contributed by atoms with Gasteiger partial charge < -0.3 is 44.1 Å². The molecule has 1 aliphatic carbocycles. The fraction of sp³-hybridized carbons (Fsp3) is 0.452. The summed E-state index contributed by atoms with van der Waals surface area (Å²) < 4.78 is 27.7. The fourth-order valence-electron chi connectivity index (χ4n) is 5.65. The zero-order valence-electron chi connectivity index (χ0n) is 24.7. The molecule has 1 heterocycles. The molecule has 2 aromatic carbocycles. The Morgan fingerprint density at radius 1 is 1.07 bits per heavy atom. The molecule has 0 spiro atoms. The molecular formula is C31H38N2O10. The summed E-state index contributed by atoms with van der Waals surface area (Å²) in [6, 6.07) is 7.54. The van der Waals surface area contributed by atoms with Crippen LogP contribution in [0.2, 0.25) is 0 Å². The second-order valence-corrected chi connectivity index (χ2v) is 10.2. The smallest absolute Gasteiger partial charge is 0.247 e. The monoisotopic (exact) mass is 598 g/mol. The Morgan fingerprint density at radius 2 is 1.84 bits per heavy atom. The first kappa shape index (κ1) is 31.8. The van der Waals surface area contributed by atoms with E-state index in [-0.39, 0.29) is 50.0 Å². The number of nitrogens with one attached hydrogen (secondary N) is 1. The molecule has 0 bridgehead atoms. The van der Waals surface area contributed by atoms with Crippen LogP contribution in [0.1, 0.15) is 33.8 Å². The van der Waals surface area contributed by atoms with Crippen LogP contribution in [0.15, 0.2) is 42.0 Å². The number of carbonyl (C=O) groups is 3. The Morgan fingerprint density at radius 3 is 2.49 bits per heavy atom. The molecule has 0 unspecified atom stereocenters. The highest BCUT2D eigenvalue weighted by atomic mass is 16.5. The number of carbonyl (C=O) groups excluding carboxylic acids is 3. The summed E-state index contributed by atoms with van der Waals surface area (Å²) in [5, 5.41) is 23.8. The number of aliphatic hydroxyl groups excluding tert-OH is 2. The summed E-state index contributed by atoms with van der Waals surface area (Å²) in [4.78, 5) is 40.3. The minimum atomic E-state index is -1.25. The molecule has 12 heteroatoms. The molecule has 0 aromatic heterocycles. The predicted octanol–water partition coefficient (Wildman–Crippen LogP) is 1.26. The lowest BCUT2D eigenvalue weighted by molar-refractivity contribution is -0.138. The number of hydrogen-bond acceptors (Lipinski definition) is 10. The number of aliphatic hydroxyl groups is 2. The topological polar surface area (TPSA) is 153 Å². The first-order chi connectivity index (χ1) is 20.8. The molecule has 2 aromatic rings. The third kappa shape index (κ3) is 6.61. The Kier molecular flexibility index (Phi) is 10.6. The van der Waals surface area contributed by atoms with E-state index in [1.165, 1.54) is 25.2 Å². The van der Waals surface area contributed by atoms with Gasteiger partial charge in [-0.05, 0) is 48.4 Å². The summed E-state index contributed by atoms with van der Waals surface area (Å²) in [5.74, 6) is 0.274. The third-order valence-electron chi connectivity index (χ3n) is 7.72. The summed E-state index contributed by atoms with van der Waals surface area (Å²) in [7, 11) is 6.04. The quantitative estimate of drug-likeness (QED) is 0.271. The Bertz CT molecular complexity index is 1360. The molecule has 0 radical (unpaired) electrons. The van der Waals surface area contributed by atoms with Crippen molar-refractivity contribution >= 4 is 18.1 Å². The van der Waals surface area contributed by atoms with Gasteiger partial charge in [-0.25, -0.2) is 0 Å². The van der Waals surface area contributed by atoms with Crippen LogP contribution < -0.4 is 24.3 Å². The van der Waals surface area contributed by atoms with Gasteiger partial charge in [0.25, 0.3) is 0 Å². The van der Waals surface area contributed by atoms with Crippen molar-refractivity contribution in [3.63, 3.8) is 0 Å². The van der Waals surface area contributed by atoms with Crippen molar-refractivity contribution in [3.8, 4) is 23.0 Å². The normalized spacial score (nSPS) is 20.2. The Labute approximate surface area is 250 Å². The maximum Gasteiger partial charge on any atom is 0.247 e. The minimum Gasteiger partial charge on any atom is -0.497 e. The lowest BCUT2D eigenvalue weighted by Gasteiger charge is -2.41. The van der Waals surface area contributed by atoms with Gasteiger partial charge in [0.2, 0.25) is 11.8 Å². The van der Waals surface area contributed by atoms with Crippen molar-refractivity contribution in [1.29, 1.82) is 0 Å². The van der Waals surface area contributed by atoms with E-state index in [4.69, 9.17) is 23.7 Å². The molecule has 4 atom stereocenters. The van der Waals surface area contributed by atoms with E-state index in [0.29, 0.717) is 41.1 Å². The predicted molar refractivity (Wildman–Crippen MR) is 155 cm³/mol. The summed E-state index contributed by atoms with van der Waals surface area (Å²) in [5.41, 5.74) is 1.85. The lowest BCUT2D eigenvalue weighted by atomic mass is 9.77. The van der Waals surface area contributed by atoms with Crippen LogP contribution in [0.5, 0.6) is 23.0 Å². The molecule has 4 rings (SSSR count). The van der Waals surface area contributed by atoms with Gasteiger partial charge in [-0.3, -0.25) is 14.4 Å². The molecule has 2 amide bonds. The molecule has 12 nitrogen and oxygen atoms in total. The maximum atomic E-state index is 13.6. The van der Waals surface area contributed by atoms with E-state index >= 15 is 0 Å². The highest BCUT2D eigenvalue weighted by molar-refractivity contribution is 5.96. The van der Waals surface area contributed by atoms with E-state index in [2.05, 4.69) is 5.32 Å². The van der Waals surface area contributed by atoms with Gasteiger partial charge in [0.1, 0.15) is 30.0 Å². The van der Waals surface area contributed by atoms with Crippen LogP contribution >= 0.6 is 0 Å². The number of hydrogen-bond donors (Lipinski definition) is 3. The zero-order chi connectivity index (χ0) is 31.1. The lowest BCUT2D eigenvalue weighted by Crippen LogP contribution is -2.56. The summed E-state index contributed by atoms with van der Waals surface area (Å²) >= 11 is 0. The molecule has 3 N–H and O–H groups in total. The van der Waals surface area contributed by atoms with Gasteiger partial charge in [-0.2, -0.15) is 0 Å². The fourth-order valence-corrected chi connectivity index (χ4v) is 5.65. The summed E-state index contributed by atoms with van der Waals surface area (Å²) in [6.07, 6.45) is 0.407. The van der Waals surface area contributed by atoms with E-state index in [0.717, 1.165) is 5.56 Å². The van der Waals surface area contributed by atoms with Crippen molar-refractivity contribution in [2.45, 2.75) is 37.0 Å². The van der Waals surface area contributed by atoms with Crippen molar-refractivity contribution in [1.82, 2.24) is 10.2 Å². The van der Waals surface area contributed by atoms with Crippen LogP contribution in [0.25, 0.3) is 0 Å². The van der Waals surface area contributed by atoms with Crippen LogP contribution in [-0.4, -0.2) is 106 Å². The van der Waals surface area contributed by atoms with E-state index in [9.17, 15) is 24.6 Å². The number of benzene rings is 2. The molecule has 232 valence electrons. The molecule has 0 fully saturated rings. The molecule has 0 saturated heterocycles. The second kappa shape index (κ2) is 14.4. The standard InChI is InChI=1S/C31H38N2O10/c1-39-12-8-26(36)33(10-7-19-15-20(40-2)5-6-24(19)41-3)23-16-22(31(38)32-9-11-34)27-21-13-18(17-35)14-25(42-4)29(21)43-30(27)28(23)37/h5-6,13-17,23,27-28,30,34,37H,7-12H2,1-4H3,(H,32,38)/t23-,27+,28+,30+/m1/s1. The number of aldehydes is 1. The number of rotatable bonds is 14. The third-order valence-corrected chi connectivity index (χ3v) is 7.72.